The van der Waals surface area contributed by atoms with E-state index in [0.29, 0.717) is 16.9 Å². The van der Waals surface area contributed by atoms with Crippen LogP contribution in [0.1, 0.15) is 21.5 Å². The van der Waals surface area contributed by atoms with Gasteiger partial charge in [-0.3, -0.25) is 9.10 Å². The molecule has 156 valence electrons. The number of hydrogen-bond acceptors (Lipinski definition) is 4. The zero-order chi connectivity index (χ0) is 21.7. The summed E-state index contributed by atoms with van der Waals surface area (Å²) in [4.78, 5) is 13.6. The zero-order valence-electron chi connectivity index (χ0n) is 17.1. The average molecular weight is 441 g/mol. The highest BCUT2D eigenvalue weighted by atomic mass is 32.2. The van der Waals surface area contributed by atoms with Crippen LogP contribution in [0.25, 0.3) is 0 Å². The maximum absolute atomic E-state index is 12.6. The Morgan fingerprint density at radius 1 is 1.00 bits per heavy atom. The van der Waals surface area contributed by atoms with Crippen molar-refractivity contribution < 1.29 is 13.2 Å². The van der Waals surface area contributed by atoms with Crippen LogP contribution in [0.4, 0.5) is 11.4 Å². The number of amides is 1. The van der Waals surface area contributed by atoms with Gasteiger partial charge in [0.15, 0.2) is 0 Å². The molecule has 1 amide bonds. The maximum Gasteiger partial charge on any atom is 0.255 e. The fourth-order valence-corrected chi connectivity index (χ4v) is 4.29. The number of nitrogens with one attached hydrogen (secondary N) is 1. The van der Waals surface area contributed by atoms with Crippen LogP contribution < -0.4 is 9.62 Å². The van der Waals surface area contributed by atoms with Crippen LogP contribution in [0.2, 0.25) is 0 Å². The summed E-state index contributed by atoms with van der Waals surface area (Å²) in [6.07, 6.45) is 3.16. The molecule has 0 saturated carbocycles. The predicted molar refractivity (Wildman–Crippen MR) is 125 cm³/mol. The molecule has 0 atom stereocenters. The normalized spacial score (nSPS) is 11.2. The molecule has 3 aromatic carbocycles. The van der Waals surface area contributed by atoms with Crippen LogP contribution >= 0.6 is 11.8 Å². The fourth-order valence-electron chi connectivity index (χ4n) is 2.94. The van der Waals surface area contributed by atoms with Crippen LogP contribution in [0.15, 0.2) is 77.7 Å². The number of rotatable bonds is 7. The summed E-state index contributed by atoms with van der Waals surface area (Å²) in [6, 6.07) is 21.9. The van der Waals surface area contributed by atoms with Gasteiger partial charge in [-0.2, -0.15) is 0 Å². The average Bonchev–Trinajstić information content (AvgIpc) is 2.72. The number of thioether (sulfide) groups is 1. The number of carbonyl (C=O) groups excluding carboxylic acids is 1. The lowest BCUT2D eigenvalue weighted by Gasteiger charge is -2.23. The first-order chi connectivity index (χ1) is 14.3. The summed E-state index contributed by atoms with van der Waals surface area (Å²) < 4.78 is 26.1. The van der Waals surface area contributed by atoms with Crippen molar-refractivity contribution in [2.24, 2.45) is 0 Å². The van der Waals surface area contributed by atoms with E-state index < -0.39 is 10.0 Å². The molecule has 0 heterocycles. The predicted octanol–water partition coefficient (Wildman–Crippen LogP) is 4.94. The lowest BCUT2D eigenvalue weighted by Crippen LogP contribution is -2.29. The van der Waals surface area contributed by atoms with E-state index >= 15 is 0 Å². The van der Waals surface area contributed by atoms with Crippen molar-refractivity contribution in [3.8, 4) is 0 Å². The fraction of sp³-hybridized carbons (Fsp3) is 0.174. The smallest absolute Gasteiger partial charge is 0.255 e. The maximum atomic E-state index is 12.6. The number of aryl methyl sites for hydroxylation is 1. The molecule has 0 bridgehead atoms. The van der Waals surface area contributed by atoms with Crippen molar-refractivity contribution in [2.75, 3.05) is 22.1 Å². The number of nitrogens with zero attached hydrogens (tertiary/aromatic N) is 1. The minimum Gasteiger partial charge on any atom is -0.322 e. The Bertz CT molecular complexity index is 1130. The Hall–Kier alpha value is -2.77. The molecule has 7 heteroatoms. The van der Waals surface area contributed by atoms with Crippen molar-refractivity contribution in [3.63, 3.8) is 0 Å². The van der Waals surface area contributed by atoms with Gasteiger partial charge in [-0.15, -0.1) is 11.8 Å². The SMILES string of the molecule is CSc1cccc(NC(=O)c2ccc(N(Cc3ccc(C)cc3)S(C)(=O)=O)cc2)c1. The minimum absolute atomic E-state index is 0.228. The first-order valence-corrected chi connectivity index (χ1v) is 12.4. The molecule has 3 aromatic rings. The zero-order valence-corrected chi connectivity index (χ0v) is 18.8. The lowest BCUT2D eigenvalue weighted by molar-refractivity contribution is 0.102. The Balaban J connectivity index is 1.78. The van der Waals surface area contributed by atoms with E-state index in [1.165, 1.54) is 10.6 Å². The molecule has 1 N–H and O–H groups in total. The highest BCUT2D eigenvalue weighted by molar-refractivity contribution is 7.98. The molecule has 0 fully saturated rings. The van der Waals surface area contributed by atoms with Crippen LogP contribution in [0.5, 0.6) is 0 Å². The molecule has 0 aliphatic carbocycles. The van der Waals surface area contributed by atoms with Gasteiger partial charge in [-0.05, 0) is 61.2 Å². The van der Waals surface area contributed by atoms with Crippen molar-refractivity contribution in [2.45, 2.75) is 18.4 Å². The van der Waals surface area contributed by atoms with Crippen molar-refractivity contribution in [1.29, 1.82) is 0 Å². The summed E-state index contributed by atoms with van der Waals surface area (Å²) in [5.41, 5.74) is 3.69. The molecule has 0 unspecified atom stereocenters. The highest BCUT2D eigenvalue weighted by Gasteiger charge is 2.18. The van der Waals surface area contributed by atoms with E-state index in [-0.39, 0.29) is 12.5 Å². The van der Waals surface area contributed by atoms with E-state index in [4.69, 9.17) is 0 Å². The van der Waals surface area contributed by atoms with E-state index in [0.717, 1.165) is 16.0 Å². The Morgan fingerprint density at radius 2 is 1.67 bits per heavy atom. The molecule has 0 radical (unpaired) electrons. The van der Waals surface area contributed by atoms with E-state index in [1.54, 1.807) is 36.0 Å². The van der Waals surface area contributed by atoms with E-state index in [2.05, 4.69) is 5.32 Å². The van der Waals surface area contributed by atoms with Gasteiger partial charge < -0.3 is 5.32 Å². The second-order valence-electron chi connectivity index (χ2n) is 6.99. The Morgan fingerprint density at radius 3 is 2.27 bits per heavy atom. The van der Waals surface area contributed by atoms with Gasteiger partial charge in [0.2, 0.25) is 10.0 Å². The number of anilines is 2. The highest BCUT2D eigenvalue weighted by Crippen LogP contribution is 2.23. The summed E-state index contributed by atoms with van der Waals surface area (Å²) in [6.45, 7) is 2.21. The van der Waals surface area contributed by atoms with Crippen LogP contribution in [0.3, 0.4) is 0 Å². The lowest BCUT2D eigenvalue weighted by atomic mass is 10.1. The molecule has 30 heavy (non-hydrogen) atoms. The third-order valence-corrected chi connectivity index (χ3v) is 6.46. The van der Waals surface area contributed by atoms with Crippen molar-refractivity contribution in [1.82, 2.24) is 0 Å². The van der Waals surface area contributed by atoms with Crippen molar-refractivity contribution >= 4 is 39.1 Å². The molecule has 0 aliphatic heterocycles. The van der Waals surface area contributed by atoms with Gasteiger partial charge in [-0.25, -0.2) is 8.42 Å². The molecular formula is C23H24N2O3S2. The molecule has 3 rings (SSSR count). The van der Waals surface area contributed by atoms with Crippen LogP contribution in [-0.4, -0.2) is 26.8 Å². The number of benzene rings is 3. The number of carbonyl (C=O) groups is 1. The van der Waals surface area contributed by atoms with Crippen LogP contribution in [0, 0.1) is 6.92 Å². The van der Waals surface area contributed by atoms with Gasteiger partial charge in [-0.1, -0.05) is 35.9 Å². The second-order valence-corrected chi connectivity index (χ2v) is 9.77. The first kappa shape index (κ1) is 21.9. The molecule has 0 aromatic heterocycles. The summed E-state index contributed by atoms with van der Waals surface area (Å²) in [5, 5.41) is 2.87. The minimum atomic E-state index is -3.49. The van der Waals surface area contributed by atoms with E-state index in [9.17, 15) is 13.2 Å². The summed E-state index contributed by atoms with van der Waals surface area (Å²) >= 11 is 1.60. The standard InChI is InChI=1S/C23H24N2O3S2/c1-17-7-9-18(10-8-17)16-25(30(3,27)28)21-13-11-19(12-14-21)23(26)24-20-5-4-6-22(15-20)29-2/h4-15H,16H2,1-3H3,(H,24,26). The quantitative estimate of drug-likeness (QED) is 0.529. The van der Waals surface area contributed by atoms with Gasteiger partial charge in [0.05, 0.1) is 18.5 Å². The molecule has 0 spiro atoms. The molecule has 0 saturated heterocycles. The van der Waals surface area contributed by atoms with Gasteiger partial charge in [0.25, 0.3) is 5.91 Å². The first-order valence-electron chi connectivity index (χ1n) is 9.35. The van der Waals surface area contributed by atoms with E-state index in [1.807, 2.05) is 61.7 Å². The van der Waals surface area contributed by atoms with Gasteiger partial charge >= 0.3 is 0 Å². The molecular weight excluding hydrogens is 416 g/mol. The monoisotopic (exact) mass is 440 g/mol. The molecule has 5 nitrogen and oxygen atoms in total. The number of sulfonamides is 1. The topological polar surface area (TPSA) is 66.5 Å². The Labute approximate surface area is 182 Å². The number of hydrogen-bond donors (Lipinski definition) is 1. The second kappa shape index (κ2) is 9.36. The van der Waals surface area contributed by atoms with Gasteiger partial charge in [0.1, 0.15) is 0 Å². The third-order valence-electron chi connectivity index (χ3n) is 4.59. The Kier molecular flexibility index (Phi) is 6.84. The van der Waals surface area contributed by atoms with Crippen LogP contribution in [-0.2, 0) is 16.6 Å². The van der Waals surface area contributed by atoms with Gasteiger partial charge in [0, 0.05) is 16.1 Å². The van der Waals surface area contributed by atoms with Crippen molar-refractivity contribution in [3.05, 3.63) is 89.5 Å². The largest absolute Gasteiger partial charge is 0.322 e. The summed E-state index contributed by atoms with van der Waals surface area (Å²) in [7, 11) is -3.49. The molecule has 0 aliphatic rings. The summed E-state index contributed by atoms with van der Waals surface area (Å²) in [5.74, 6) is -0.246. The third kappa shape index (κ3) is 5.64.